The van der Waals surface area contributed by atoms with Crippen molar-refractivity contribution in [1.29, 1.82) is 0 Å². The van der Waals surface area contributed by atoms with Gasteiger partial charge in [-0.15, -0.1) is 11.3 Å². The predicted molar refractivity (Wildman–Crippen MR) is 97.2 cm³/mol. The van der Waals surface area contributed by atoms with Crippen LogP contribution in [-0.4, -0.2) is 15.0 Å². The van der Waals surface area contributed by atoms with Gasteiger partial charge in [-0.25, -0.2) is 9.97 Å². The van der Waals surface area contributed by atoms with Crippen molar-refractivity contribution in [2.24, 2.45) is 0 Å². The lowest BCUT2D eigenvalue weighted by molar-refractivity contribution is 0.681. The first-order valence-corrected chi connectivity index (χ1v) is 9.41. The van der Waals surface area contributed by atoms with Crippen LogP contribution in [0.2, 0.25) is 0 Å². The van der Waals surface area contributed by atoms with Crippen molar-refractivity contribution < 1.29 is 0 Å². The summed E-state index contributed by atoms with van der Waals surface area (Å²) in [7, 11) is 0. The van der Waals surface area contributed by atoms with E-state index in [9.17, 15) is 0 Å². The van der Waals surface area contributed by atoms with Gasteiger partial charge in [-0.05, 0) is 31.4 Å². The van der Waals surface area contributed by atoms with Crippen LogP contribution < -0.4 is 10.6 Å². The first kappa shape index (κ1) is 14.0. The molecule has 1 aromatic carbocycles. The maximum Gasteiger partial charge on any atom is 0.186 e. The molecule has 2 N–H and O–H groups in total. The number of nitrogens with zero attached hydrogens (tertiary/aromatic N) is 2. The number of thioether (sulfide) groups is 1. The summed E-state index contributed by atoms with van der Waals surface area (Å²) in [6, 6.07) is 8.20. The molecule has 1 aliphatic rings. The first-order valence-electron chi connectivity index (χ1n) is 6.83. The summed E-state index contributed by atoms with van der Waals surface area (Å²) < 4.78 is 1.20. The van der Waals surface area contributed by atoms with E-state index < -0.39 is 0 Å². The van der Waals surface area contributed by atoms with Crippen LogP contribution in [0, 0.1) is 6.92 Å². The Morgan fingerprint density at radius 3 is 2.91 bits per heavy atom. The standard InChI is InChI=1S/C15H14N4S3/c1-9-13(20-8-16-9)11-7-21-15(2,18-11)19-14-17-10-5-3-4-6-12(10)22-14/h3-8,18H,1-2H3,(H,17,19). The largest absolute Gasteiger partial charge is 0.353 e. The molecule has 0 fully saturated rings. The quantitative estimate of drug-likeness (QED) is 0.732. The summed E-state index contributed by atoms with van der Waals surface area (Å²) in [5.74, 6) is 0. The minimum Gasteiger partial charge on any atom is -0.353 e. The van der Waals surface area contributed by atoms with Crippen LogP contribution in [0.3, 0.4) is 0 Å². The molecule has 1 atom stereocenters. The molecule has 4 nitrogen and oxygen atoms in total. The average Bonchev–Trinajstić information content (AvgIpc) is 3.17. The van der Waals surface area contributed by atoms with Gasteiger partial charge >= 0.3 is 0 Å². The molecule has 2 aromatic heterocycles. The highest BCUT2D eigenvalue weighted by Crippen LogP contribution is 2.39. The second-order valence-corrected chi connectivity index (χ2v) is 8.36. The van der Waals surface area contributed by atoms with Crippen molar-refractivity contribution in [3.05, 3.63) is 45.8 Å². The zero-order chi connectivity index (χ0) is 15.2. The zero-order valence-electron chi connectivity index (χ0n) is 12.1. The molecule has 0 bridgehead atoms. The number of thiazole rings is 2. The van der Waals surface area contributed by atoms with Crippen LogP contribution in [-0.2, 0) is 0 Å². The van der Waals surface area contributed by atoms with E-state index in [1.165, 1.54) is 9.58 Å². The van der Waals surface area contributed by atoms with Crippen molar-refractivity contribution in [1.82, 2.24) is 15.3 Å². The molecule has 0 radical (unpaired) electrons. The Bertz CT molecular complexity index is 833. The Morgan fingerprint density at radius 1 is 1.27 bits per heavy atom. The summed E-state index contributed by atoms with van der Waals surface area (Å²) in [6.07, 6.45) is 0. The molecule has 0 spiro atoms. The first-order chi connectivity index (χ1) is 10.6. The molecule has 0 aliphatic carbocycles. The minimum atomic E-state index is -0.292. The lowest BCUT2D eigenvalue weighted by Gasteiger charge is -2.26. The molecular formula is C15H14N4S3. The number of fused-ring (bicyclic) bond motifs is 1. The molecule has 1 unspecified atom stereocenters. The highest BCUT2D eigenvalue weighted by atomic mass is 32.2. The van der Waals surface area contributed by atoms with E-state index in [0.717, 1.165) is 22.0 Å². The summed E-state index contributed by atoms with van der Waals surface area (Å²) in [4.78, 5) is 9.87. The van der Waals surface area contributed by atoms with E-state index in [0.29, 0.717) is 0 Å². The molecule has 4 rings (SSSR count). The van der Waals surface area contributed by atoms with E-state index in [1.807, 2.05) is 30.6 Å². The summed E-state index contributed by atoms with van der Waals surface area (Å²) >= 11 is 5.06. The fraction of sp³-hybridized carbons (Fsp3) is 0.200. The number of hydrogen-bond acceptors (Lipinski definition) is 7. The maximum absolute atomic E-state index is 4.65. The van der Waals surface area contributed by atoms with Gasteiger partial charge in [0.15, 0.2) is 10.1 Å². The minimum absolute atomic E-state index is 0.292. The van der Waals surface area contributed by atoms with Crippen LogP contribution in [0.25, 0.3) is 15.9 Å². The van der Waals surface area contributed by atoms with Crippen LogP contribution in [0.4, 0.5) is 5.13 Å². The number of hydrogen-bond donors (Lipinski definition) is 2. The number of anilines is 1. The Balaban J connectivity index is 1.55. The predicted octanol–water partition coefficient (Wildman–Crippen LogP) is 4.48. The molecular weight excluding hydrogens is 332 g/mol. The highest BCUT2D eigenvalue weighted by molar-refractivity contribution is 8.04. The van der Waals surface area contributed by atoms with Crippen molar-refractivity contribution in [2.45, 2.75) is 18.8 Å². The van der Waals surface area contributed by atoms with E-state index >= 15 is 0 Å². The molecule has 0 amide bonds. The summed E-state index contributed by atoms with van der Waals surface area (Å²) in [5.41, 5.74) is 5.11. The Hall–Kier alpha value is -1.57. The fourth-order valence-corrected chi connectivity index (χ4v) is 5.10. The smallest absolute Gasteiger partial charge is 0.186 e. The Labute approximate surface area is 140 Å². The number of rotatable bonds is 3. The molecule has 1 aliphatic heterocycles. The molecule has 112 valence electrons. The van der Waals surface area contributed by atoms with Gasteiger partial charge in [-0.3, -0.25) is 0 Å². The van der Waals surface area contributed by atoms with Crippen molar-refractivity contribution in [3.63, 3.8) is 0 Å². The number of benzene rings is 1. The van der Waals surface area contributed by atoms with E-state index in [4.69, 9.17) is 0 Å². The van der Waals surface area contributed by atoms with Crippen LogP contribution in [0.1, 0.15) is 17.5 Å². The van der Waals surface area contributed by atoms with Crippen LogP contribution in [0.15, 0.2) is 35.2 Å². The maximum atomic E-state index is 4.65. The number of nitrogens with one attached hydrogen (secondary N) is 2. The molecule has 0 saturated heterocycles. The SMILES string of the molecule is Cc1ncsc1C1=CSC(C)(Nc2nc3ccccc3s2)N1. The monoisotopic (exact) mass is 346 g/mol. The van der Waals surface area contributed by atoms with Gasteiger partial charge in [0.2, 0.25) is 0 Å². The van der Waals surface area contributed by atoms with Crippen LogP contribution in [0.5, 0.6) is 0 Å². The molecule has 3 aromatic rings. The van der Waals surface area contributed by atoms with Gasteiger partial charge in [-0.1, -0.05) is 35.2 Å². The molecule has 22 heavy (non-hydrogen) atoms. The molecule has 3 heterocycles. The molecule has 0 saturated carbocycles. The topological polar surface area (TPSA) is 49.8 Å². The number of para-hydroxylation sites is 1. The average molecular weight is 347 g/mol. The second-order valence-electron chi connectivity index (χ2n) is 5.19. The normalized spacial score (nSPS) is 20.9. The van der Waals surface area contributed by atoms with Gasteiger partial charge < -0.3 is 10.6 Å². The lowest BCUT2D eigenvalue weighted by atomic mass is 10.3. The third-order valence-electron chi connectivity index (χ3n) is 3.42. The van der Waals surface area contributed by atoms with Crippen molar-refractivity contribution in [2.75, 3.05) is 5.32 Å². The number of aromatic nitrogens is 2. The summed E-state index contributed by atoms with van der Waals surface area (Å²) in [6.45, 7) is 4.17. The Kier molecular flexibility index (Phi) is 3.36. The van der Waals surface area contributed by atoms with Gasteiger partial charge in [0.05, 0.1) is 32.0 Å². The Morgan fingerprint density at radius 2 is 2.14 bits per heavy atom. The van der Waals surface area contributed by atoms with Gasteiger partial charge in [-0.2, -0.15) is 0 Å². The lowest BCUT2D eigenvalue weighted by Crippen LogP contribution is -2.41. The van der Waals surface area contributed by atoms with Crippen molar-refractivity contribution >= 4 is 55.5 Å². The van der Waals surface area contributed by atoms with E-state index in [1.54, 1.807) is 34.4 Å². The van der Waals surface area contributed by atoms with Gasteiger partial charge in [0.1, 0.15) is 0 Å². The van der Waals surface area contributed by atoms with Crippen molar-refractivity contribution in [3.8, 4) is 0 Å². The number of aryl methyl sites for hydroxylation is 1. The van der Waals surface area contributed by atoms with E-state index in [-0.39, 0.29) is 4.99 Å². The van der Waals surface area contributed by atoms with Gasteiger partial charge in [0.25, 0.3) is 0 Å². The van der Waals surface area contributed by atoms with E-state index in [2.05, 4.69) is 39.0 Å². The van der Waals surface area contributed by atoms with Gasteiger partial charge in [0, 0.05) is 0 Å². The zero-order valence-corrected chi connectivity index (χ0v) is 14.5. The second kappa shape index (κ2) is 5.26. The third-order valence-corrected chi connectivity index (χ3v) is 6.36. The third kappa shape index (κ3) is 2.49. The molecule has 7 heteroatoms. The highest BCUT2D eigenvalue weighted by Gasteiger charge is 2.32. The fourth-order valence-electron chi connectivity index (χ4n) is 2.35. The van der Waals surface area contributed by atoms with Crippen LogP contribution >= 0.6 is 34.4 Å². The summed E-state index contributed by atoms with van der Waals surface area (Å²) in [5, 5.41) is 10.1.